The van der Waals surface area contributed by atoms with Crippen LogP contribution in [0.2, 0.25) is 10.0 Å². The van der Waals surface area contributed by atoms with Crippen LogP contribution < -0.4 is 0 Å². The van der Waals surface area contributed by atoms with E-state index < -0.39 is 18.0 Å². The van der Waals surface area contributed by atoms with Crippen molar-refractivity contribution >= 4 is 35.1 Å². The van der Waals surface area contributed by atoms with Crippen molar-refractivity contribution < 1.29 is 24.2 Å². The maximum atomic E-state index is 11.7. The smallest absolute Gasteiger partial charge is 0.308 e. The van der Waals surface area contributed by atoms with E-state index in [2.05, 4.69) is 0 Å². The van der Waals surface area contributed by atoms with E-state index in [0.29, 0.717) is 10.0 Å². The second-order valence-electron chi connectivity index (χ2n) is 5.64. The third-order valence-electron chi connectivity index (χ3n) is 3.43. The van der Waals surface area contributed by atoms with Crippen molar-refractivity contribution in [3.63, 3.8) is 0 Å². The van der Waals surface area contributed by atoms with Crippen molar-refractivity contribution in [1.29, 1.82) is 0 Å². The van der Waals surface area contributed by atoms with Gasteiger partial charge in [-0.05, 0) is 35.4 Å². The van der Waals surface area contributed by atoms with Crippen molar-refractivity contribution in [3.05, 3.63) is 69.7 Å². The molecule has 7 heteroatoms. The number of aliphatic hydroxyl groups is 1. The molecular weight excluding hydrogens is 379 g/mol. The molecule has 0 aliphatic rings. The van der Waals surface area contributed by atoms with Crippen LogP contribution in [0, 0.1) is 0 Å². The maximum absolute atomic E-state index is 11.7. The van der Waals surface area contributed by atoms with Gasteiger partial charge in [0.15, 0.2) is 0 Å². The highest BCUT2D eigenvalue weighted by atomic mass is 35.5. The number of ether oxygens (including phenoxy) is 2. The molecule has 0 saturated carbocycles. The van der Waals surface area contributed by atoms with Gasteiger partial charge < -0.3 is 14.6 Å². The zero-order valence-electron chi connectivity index (χ0n) is 13.9. The lowest BCUT2D eigenvalue weighted by atomic mass is 10.2. The summed E-state index contributed by atoms with van der Waals surface area (Å²) in [6.07, 6.45) is -1.74. The number of carbonyl (C=O) groups is 2. The van der Waals surface area contributed by atoms with Crippen LogP contribution >= 0.6 is 23.2 Å². The fourth-order valence-corrected chi connectivity index (χ4v) is 2.32. The molecule has 0 atom stereocenters. The van der Waals surface area contributed by atoms with Crippen LogP contribution in [0.5, 0.6) is 0 Å². The number of carbonyl (C=O) groups excluding carboxylic acids is 2. The van der Waals surface area contributed by atoms with Gasteiger partial charge in [-0.25, -0.2) is 0 Å². The number of esters is 2. The van der Waals surface area contributed by atoms with Gasteiger partial charge in [0.05, 0.1) is 18.9 Å². The molecule has 5 nitrogen and oxygen atoms in total. The molecule has 2 rings (SSSR count). The van der Waals surface area contributed by atoms with Crippen molar-refractivity contribution in [1.82, 2.24) is 0 Å². The van der Waals surface area contributed by atoms with Crippen LogP contribution in [0.3, 0.4) is 0 Å². The molecule has 2 aromatic rings. The summed E-state index contributed by atoms with van der Waals surface area (Å²) >= 11 is 11.5. The third-order valence-corrected chi connectivity index (χ3v) is 3.93. The topological polar surface area (TPSA) is 72.8 Å². The molecule has 1 N–H and O–H groups in total. The Balaban J connectivity index is 1.67. The lowest BCUT2D eigenvalue weighted by molar-refractivity contribution is -0.150. The van der Waals surface area contributed by atoms with Gasteiger partial charge in [-0.3, -0.25) is 9.59 Å². The van der Waals surface area contributed by atoms with E-state index in [1.165, 1.54) is 0 Å². The van der Waals surface area contributed by atoms with Crippen LogP contribution in [0.25, 0.3) is 0 Å². The zero-order valence-corrected chi connectivity index (χ0v) is 15.4. The van der Waals surface area contributed by atoms with Crippen LogP contribution in [0.4, 0.5) is 0 Å². The molecule has 0 radical (unpaired) electrons. The van der Waals surface area contributed by atoms with Gasteiger partial charge in [0.25, 0.3) is 0 Å². The van der Waals surface area contributed by atoms with Crippen LogP contribution in [-0.2, 0) is 32.3 Å². The first-order valence-corrected chi connectivity index (χ1v) is 8.66. The Hall–Kier alpha value is -2.08. The number of hydrogen-bond donors (Lipinski definition) is 1. The minimum Gasteiger partial charge on any atom is -0.461 e. The Morgan fingerprint density at radius 1 is 0.769 bits per heavy atom. The van der Waals surface area contributed by atoms with E-state index in [9.17, 15) is 14.7 Å². The first kappa shape index (κ1) is 20.2. The molecule has 0 aliphatic heterocycles. The Morgan fingerprint density at radius 2 is 1.12 bits per heavy atom. The van der Waals surface area contributed by atoms with Gasteiger partial charge in [0, 0.05) is 10.0 Å². The van der Waals surface area contributed by atoms with Gasteiger partial charge in [-0.2, -0.15) is 0 Å². The number of aliphatic hydroxyl groups excluding tert-OH is 1. The van der Waals surface area contributed by atoms with E-state index in [4.69, 9.17) is 32.7 Å². The van der Waals surface area contributed by atoms with E-state index >= 15 is 0 Å². The van der Waals surface area contributed by atoms with Crippen molar-refractivity contribution in [2.45, 2.75) is 32.2 Å². The molecule has 0 saturated heterocycles. The summed E-state index contributed by atoms with van der Waals surface area (Å²) in [5.41, 5.74) is 1.55. The highest BCUT2D eigenvalue weighted by Gasteiger charge is 2.17. The number of halogens is 2. The molecule has 0 bridgehead atoms. The molecule has 26 heavy (non-hydrogen) atoms. The molecule has 138 valence electrons. The summed E-state index contributed by atoms with van der Waals surface area (Å²) < 4.78 is 10.1. The summed E-state index contributed by atoms with van der Waals surface area (Å²) in [4.78, 5) is 23.4. The molecule has 0 spiro atoms. The predicted octanol–water partition coefficient (Wildman–Crippen LogP) is 3.92. The van der Waals surface area contributed by atoms with E-state index in [-0.39, 0.29) is 26.1 Å². The largest absolute Gasteiger partial charge is 0.461 e. The Bertz CT molecular complexity index is 665. The van der Waals surface area contributed by atoms with Crippen molar-refractivity contribution in [2.75, 3.05) is 0 Å². The Morgan fingerprint density at radius 3 is 1.46 bits per heavy atom. The van der Waals surface area contributed by atoms with Crippen LogP contribution in [0.1, 0.15) is 24.0 Å². The summed E-state index contributed by atoms with van der Waals surface area (Å²) in [6.45, 7) is 0.146. The maximum Gasteiger partial charge on any atom is 0.308 e. The summed E-state index contributed by atoms with van der Waals surface area (Å²) in [7, 11) is 0. The fraction of sp³-hybridized carbons (Fsp3) is 0.263. The molecule has 0 unspecified atom stereocenters. The standard InChI is InChI=1S/C19H18Cl2O5/c20-15-5-1-13(2-6-15)11-25-18(23)9-17(22)10-19(24)26-12-14-3-7-16(21)8-4-14/h1-8,17,22H,9-12H2. The van der Waals surface area contributed by atoms with Crippen molar-refractivity contribution in [3.8, 4) is 0 Å². The van der Waals surface area contributed by atoms with Gasteiger partial charge in [-0.15, -0.1) is 0 Å². The second-order valence-corrected chi connectivity index (χ2v) is 6.51. The van der Waals surface area contributed by atoms with Crippen LogP contribution in [0.15, 0.2) is 48.5 Å². The average molecular weight is 397 g/mol. The Labute approximate surface area is 161 Å². The Kier molecular flexibility index (Phi) is 7.91. The van der Waals surface area contributed by atoms with Crippen molar-refractivity contribution in [2.24, 2.45) is 0 Å². The molecular formula is C19H18Cl2O5. The average Bonchev–Trinajstić information content (AvgIpc) is 2.60. The van der Waals surface area contributed by atoms with Gasteiger partial charge >= 0.3 is 11.9 Å². The fourth-order valence-electron chi connectivity index (χ4n) is 2.06. The number of hydrogen-bond acceptors (Lipinski definition) is 5. The van der Waals surface area contributed by atoms with Gasteiger partial charge in [0.2, 0.25) is 0 Å². The molecule has 2 aromatic carbocycles. The van der Waals surface area contributed by atoms with E-state index in [1.54, 1.807) is 48.5 Å². The third kappa shape index (κ3) is 7.44. The monoisotopic (exact) mass is 396 g/mol. The number of rotatable bonds is 8. The first-order chi connectivity index (χ1) is 12.4. The second kappa shape index (κ2) is 10.2. The number of benzene rings is 2. The van der Waals surface area contributed by atoms with Crippen LogP contribution in [-0.4, -0.2) is 23.1 Å². The molecule has 0 aromatic heterocycles. The minimum atomic E-state index is -1.16. The highest BCUT2D eigenvalue weighted by Crippen LogP contribution is 2.12. The van der Waals surface area contributed by atoms with E-state index in [0.717, 1.165) is 11.1 Å². The molecule has 0 aliphatic carbocycles. The first-order valence-electron chi connectivity index (χ1n) is 7.90. The summed E-state index contributed by atoms with van der Waals surface area (Å²) in [5.74, 6) is -1.20. The zero-order chi connectivity index (χ0) is 18.9. The minimum absolute atomic E-state index is 0.0732. The quantitative estimate of drug-likeness (QED) is 0.684. The lowest BCUT2D eigenvalue weighted by Crippen LogP contribution is -2.20. The lowest BCUT2D eigenvalue weighted by Gasteiger charge is -2.11. The predicted molar refractivity (Wildman–Crippen MR) is 97.7 cm³/mol. The molecule has 0 heterocycles. The highest BCUT2D eigenvalue weighted by molar-refractivity contribution is 6.30. The normalized spacial score (nSPS) is 10.6. The molecule has 0 fully saturated rings. The molecule has 0 amide bonds. The summed E-state index contributed by atoms with van der Waals surface area (Å²) in [5, 5.41) is 11.0. The van der Waals surface area contributed by atoms with E-state index in [1.807, 2.05) is 0 Å². The SMILES string of the molecule is O=C(CC(O)CC(=O)OCc1ccc(Cl)cc1)OCc1ccc(Cl)cc1. The van der Waals surface area contributed by atoms with Gasteiger partial charge in [-0.1, -0.05) is 47.5 Å². The summed E-state index contributed by atoms with van der Waals surface area (Å²) in [6, 6.07) is 13.7. The van der Waals surface area contributed by atoms with Gasteiger partial charge in [0.1, 0.15) is 13.2 Å².